The summed E-state index contributed by atoms with van der Waals surface area (Å²) < 4.78 is 1.22. The fourth-order valence-electron chi connectivity index (χ4n) is 1.65. The van der Waals surface area contributed by atoms with Gasteiger partial charge in [-0.05, 0) is 48.6 Å². The molecule has 1 heteroatoms. The first-order valence-corrected chi connectivity index (χ1v) is 4.94. The molecule has 0 atom stereocenters. The molecule has 0 radical (unpaired) electrons. The number of hydrogen-bond donors (Lipinski definition) is 0. The van der Waals surface area contributed by atoms with Crippen molar-refractivity contribution in [2.75, 3.05) is 0 Å². The minimum absolute atomic E-state index is 1.11. The third-order valence-electron chi connectivity index (χ3n) is 2.44. The topological polar surface area (TPSA) is 0 Å². The van der Waals surface area contributed by atoms with Crippen LogP contribution in [0.2, 0.25) is 0 Å². The average Bonchev–Trinajstić information content (AvgIpc) is 2.35. The van der Waals surface area contributed by atoms with Crippen LogP contribution in [0.4, 0.5) is 0 Å². The molecule has 1 aliphatic rings. The number of halogens is 1. The second-order valence-electron chi connectivity index (χ2n) is 3.35. The highest BCUT2D eigenvalue weighted by molar-refractivity contribution is 9.10. The van der Waals surface area contributed by atoms with Crippen molar-refractivity contribution in [3.8, 4) is 0 Å². The summed E-state index contributed by atoms with van der Waals surface area (Å²) in [6, 6.07) is 4.50. The molecule has 0 aliphatic heterocycles. The van der Waals surface area contributed by atoms with Gasteiger partial charge in [0.2, 0.25) is 0 Å². The van der Waals surface area contributed by atoms with Gasteiger partial charge in [0.25, 0.3) is 0 Å². The van der Waals surface area contributed by atoms with Gasteiger partial charge in [0.15, 0.2) is 0 Å². The minimum atomic E-state index is 1.11. The van der Waals surface area contributed by atoms with Crippen molar-refractivity contribution in [3.05, 3.63) is 39.4 Å². The van der Waals surface area contributed by atoms with E-state index in [0.29, 0.717) is 0 Å². The highest BCUT2D eigenvalue weighted by Gasteiger charge is 2.11. The lowest BCUT2D eigenvalue weighted by Crippen LogP contribution is -1.86. The van der Waals surface area contributed by atoms with E-state index in [9.17, 15) is 0 Å². The van der Waals surface area contributed by atoms with Crippen LogP contribution >= 0.6 is 15.9 Å². The molecule has 0 nitrogen and oxygen atoms in total. The van der Waals surface area contributed by atoms with E-state index in [0.717, 1.165) is 6.42 Å². The first-order valence-electron chi connectivity index (χ1n) is 4.14. The zero-order valence-corrected chi connectivity index (χ0v) is 8.90. The van der Waals surface area contributed by atoms with Crippen molar-refractivity contribution >= 4 is 21.5 Å². The largest absolute Gasteiger partial charge is 0.0766 e. The summed E-state index contributed by atoms with van der Waals surface area (Å²) in [6.45, 7) is 4.31. The molecule has 0 unspecified atom stereocenters. The van der Waals surface area contributed by atoms with E-state index in [1.807, 2.05) is 0 Å². The number of fused-ring (bicyclic) bond motifs is 1. The average molecular weight is 223 g/mol. The van der Waals surface area contributed by atoms with Crippen LogP contribution in [0.25, 0.3) is 5.57 Å². The fourth-order valence-corrected chi connectivity index (χ4v) is 1.99. The Morgan fingerprint density at radius 3 is 2.75 bits per heavy atom. The van der Waals surface area contributed by atoms with Crippen LogP contribution in [0.3, 0.4) is 0 Å². The SMILES string of the molecule is CC1=CCc2cc(C)c(Br)cc21. The summed E-state index contributed by atoms with van der Waals surface area (Å²) in [6.07, 6.45) is 3.39. The van der Waals surface area contributed by atoms with E-state index >= 15 is 0 Å². The molecule has 0 saturated carbocycles. The first-order chi connectivity index (χ1) is 5.68. The van der Waals surface area contributed by atoms with Crippen molar-refractivity contribution in [1.82, 2.24) is 0 Å². The van der Waals surface area contributed by atoms with Crippen LogP contribution < -0.4 is 0 Å². The van der Waals surface area contributed by atoms with Crippen LogP contribution in [0.1, 0.15) is 23.6 Å². The quantitative estimate of drug-likeness (QED) is 0.628. The summed E-state index contributed by atoms with van der Waals surface area (Å²) in [4.78, 5) is 0. The molecule has 0 spiro atoms. The summed E-state index contributed by atoms with van der Waals surface area (Å²) in [5.74, 6) is 0. The summed E-state index contributed by atoms with van der Waals surface area (Å²) in [5.41, 5.74) is 5.61. The van der Waals surface area contributed by atoms with Crippen LogP contribution in [0.5, 0.6) is 0 Å². The Morgan fingerprint density at radius 2 is 2.00 bits per heavy atom. The Morgan fingerprint density at radius 1 is 1.25 bits per heavy atom. The zero-order valence-electron chi connectivity index (χ0n) is 7.32. The van der Waals surface area contributed by atoms with Crippen LogP contribution in [0.15, 0.2) is 22.7 Å². The number of aryl methyl sites for hydroxylation is 1. The number of allylic oxidation sites excluding steroid dienone is 2. The number of hydrogen-bond acceptors (Lipinski definition) is 0. The molecule has 12 heavy (non-hydrogen) atoms. The van der Waals surface area contributed by atoms with Crippen molar-refractivity contribution in [1.29, 1.82) is 0 Å². The lowest BCUT2D eigenvalue weighted by molar-refractivity contribution is 1.27. The monoisotopic (exact) mass is 222 g/mol. The Kier molecular flexibility index (Phi) is 1.84. The highest BCUT2D eigenvalue weighted by Crippen LogP contribution is 2.31. The predicted molar refractivity (Wildman–Crippen MR) is 56.2 cm³/mol. The van der Waals surface area contributed by atoms with Gasteiger partial charge in [-0.15, -0.1) is 0 Å². The maximum absolute atomic E-state index is 3.55. The maximum Gasteiger partial charge on any atom is 0.0210 e. The lowest BCUT2D eigenvalue weighted by Gasteiger charge is -2.04. The Bertz CT molecular complexity index is 362. The Hall–Kier alpha value is -0.560. The van der Waals surface area contributed by atoms with Crippen molar-refractivity contribution in [2.45, 2.75) is 20.3 Å². The van der Waals surface area contributed by atoms with Gasteiger partial charge in [0, 0.05) is 4.47 Å². The van der Waals surface area contributed by atoms with Crippen molar-refractivity contribution in [3.63, 3.8) is 0 Å². The lowest BCUT2D eigenvalue weighted by atomic mass is 10.0. The summed E-state index contributed by atoms with van der Waals surface area (Å²) >= 11 is 3.55. The van der Waals surface area contributed by atoms with Gasteiger partial charge in [-0.3, -0.25) is 0 Å². The summed E-state index contributed by atoms with van der Waals surface area (Å²) in [5, 5.41) is 0. The van der Waals surface area contributed by atoms with Gasteiger partial charge in [-0.25, -0.2) is 0 Å². The van der Waals surface area contributed by atoms with Gasteiger partial charge in [-0.2, -0.15) is 0 Å². The number of benzene rings is 1. The van der Waals surface area contributed by atoms with Crippen LogP contribution in [-0.2, 0) is 6.42 Å². The van der Waals surface area contributed by atoms with E-state index in [2.05, 4.69) is 48.0 Å². The standard InChI is InChI=1S/C11H11Br/c1-7-3-4-9-5-8(2)11(12)6-10(7)9/h3,5-6H,4H2,1-2H3. The van der Waals surface area contributed by atoms with E-state index < -0.39 is 0 Å². The molecule has 1 aliphatic carbocycles. The van der Waals surface area contributed by atoms with Crippen molar-refractivity contribution in [2.24, 2.45) is 0 Å². The molecule has 0 amide bonds. The van der Waals surface area contributed by atoms with Gasteiger partial charge in [0.1, 0.15) is 0 Å². The van der Waals surface area contributed by atoms with Crippen LogP contribution in [-0.4, -0.2) is 0 Å². The molecule has 0 N–H and O–H groups in total. The molecule has 1 aromatic carbocycles. The molecule has 0 aromatic heterocycles. The van der Waals surface area contributed by atoms with Gasteiger partial charge >= 0.3 is 0 Å². The molecule has 1 aromatic rings. The highest BCUT2D eigenvalue weighted by atomic mass is 79.9. The van der Waals surface area contributed by atoms with E-state index in [1.165, 1.54) is 26.7 Å². The van der Waals surface area contributed by atoms with E-state index in [4.69, 9.17) is 0 Å². The maximum atomic E-state index is 3.55. The van der Waals surface area contributed by atoms with Gasteiger partial charge in [0.05, 0.1) is 0 Å². The van der Waals surface area contributed by atoms with Gasteiger partial charge < -0.3 is 0 Å². The zero-order chi connectivity index (χ0) is 8.72. The van der Waals surface area contributed by atoms with E-state index in [-0.39, 0.29) is 0 Å². The van der Waals surface area contributed by atoms with Crippen molar-refractivity contribution < 1.29 is 0 Å². The molecule has 62 valence electrons. The summed E-state index contributed by atoms with van der Waals surface area (Å²) in [7, 11) is 0. The molecule has 2 rings (SSSR count). The molecular weight excluding hydrogens is 212 g/mol. The first kappa shape index (κ1) is 8.06. The third-order valence-corrected chi connectivity index (χ3v) is 3.29. The minimum Gasteiger partial charge on any atom is -0.0766 e. The Balaban J connectivity index is 2.63. The second kappa shape index (κ2) is 2.74. The predicted octanol–water partition coefficient (Wildman–Crippen LogP) is 3.72. The third kappa shape index (κ3) is 1.13. The molecule has 0 fully saturated rings. The number of rotatable bonds is 0. The molecule has 0 bridgehead atoms. The van der Waals surface area contributed by atoms with E-state index in [1.54, 1.807) is 0 Å². The molecular formula is C11H11Br. The van der Waals surface area contributed by atoms with Gasteiger partial charge in [-0.1, -0.05) is 28.1 Å². The van der Waals surface area contributed by atoms with Crippen LogP contribution in [0, 0.1) is 6.92 Å². The smallest absolute Gasteiger partial charge is 0.0210 e. The molecule has 0 saturated heterocycles. The second-order valence-corrected chi connectivity index (χ2v) is 4.20. The molecule has 0 heterocycles. The normalized spacial score (nSPS) is 14.4. The Labute approximate surface area is 81.4 Å². The fraction of sp³-hybridized carbons (Fsp3) is 0.273.